The van der Waals surface area contributed by atoms with Crippen molar-refractivity contribution in [3.05, 3.63) is 17.5 Å². The van der Waals surface area contributed by atoms with Crippen LogP contribution in [-0.2, 0) is 14.8 Å². The van der Waals surface area contributed by atoms with Crippen LogP contribution in [-0.4, -0.2) is 37.8 Å². The molecule has 3 atom stereocenters. The highest BCUT2D eigenvalue weighted by Crippen LogP contribution is 2.38. The van der Waals surface area contributed by atoms with Gasteiger partial charge in [-0.1, -0.05) is 39.7 Å². The third kappa shape index (κ3) is 4.74. The monoisotopic (exact) mass is 412 g/mol. The summed E-state index contributed by atoms with van der Waals surface area (Å²) in [7, 11) is -3.48. The molecule has 1 aromatic rings. The summed E-state index contributed by atoms with van der Waals surface area (Å²) in [4.78, 5) is 13.0. The summed E-state index contributed by atoms with van der Waals surface area (Å²) in [6.07, 6.45) is 6.05. The number of hydrogen-bond donors (Lipinski definition) is 1. The molecule has 1 aliphatic heterocycles. The van der Waals surface area contributed by atoms with Gasteiger partial charge in [0.2, 0.25) is 5.91 Å². The third-order valence-corrected chi connectivity index (χ3v) is 9.29. The molecular weight excluding hydrogens is 380 g/mol. The Morgan fingerprint density at radius 2 is 1.93 bits per heavy atom. The lowest BCUT2D eigenvalue weighted by atomic mass is 9.69. The first-order chi connectivity index (χ1) is 12.7. The van der Waals surface area contributed by atoms with Crippen LogP contribution in [0.5, 0.6) is 0 Å². The van der Waals surface area contributed by atoms with E-state index in [9.17, 15) is 13.2 Å². The molecular formula is C20H32N2O3S2. The van der Waals surface area contributed by atoms with Crippen LogP contribution in [0.1, 0.15) is 59.3 Å². The summed E-state index contributed by atoms with van der Waals surface area (Å²) in [5, 5.41) is 5.07. The molecule has 1 amide bonds. The number of piperidine rings is 1. The maximum Gasteiger partial charge on any atom is 0.252 e. The molecule has 7 heteroatoms. The number of carbonyl (C=O) groups is 1. The maximum atomic E-state index is 13.0. The summed E-state index contributed by atoms with van der Waals surface area (Å²) < 4.78 is 27.4. The quantitative estimate of drug-likeness (QED) is 0.816. The summed E-state index contributed by atoms with van der Waals surface area (Å²) in [5.74, 6) is 0.253. The Morgan fingerprint density at radius 1 is 1.19 bits per heavy atom. The lowest BCUT2D eigenvalue weighted by Crippen LogP contribution is -2.51. The van der Waals surface area contributed by atoms with Gasteiger partial charge in [-0.2, -0.15) is 4.31 Å². The minimum atomic E-state index is -3.48. The molecule has 0 aromatic carbocycles. The van der Waals surface area contributed by atoms with Gasteiger partial charge >= 0.3 is 0 Å². The lowest BCUT2D eigenvalue weighted by molar-refractivity contribution is -0.127. The van der Waals surface area contributed by atoms with Gasteiger partial charge in [0.25, 0.3) is 10.0 Å². The highest BCUT2D eigenvalue weighted by molar-refractivity contribution is 7.91. The normalized spacial score (nSPS) is 28.0. The van der Waals surface area contributed by atoms with Gasteiger partial charge in [-0.05, 0) is 48.5 Å². The Kier molecular flexibility index (Phi) is 6.33. The van der Waals surface area contributed by atoms with Crippen LogP contribution in [0, 0.1) is 17.3 Å². The number of carbonyl (C=O) groups excluding carboxylic acids is 1. The van der Waals surface area contributed by atoms with Crippen LogP contribution >= 0.6 is 11.3 Å². The second-order valence-corrected chi connectivity index (χ2v) is 12.1. The smallest absolute Gasteiger partial charge is 0.252 e. The minimum absolute atomic E-state index is 0.0298. The highest BCUT2D eigenvalue weighted by Gasteiger charge is 2.38. The SMILES string of the molecule is CC(C)(C)C1CCCCC1NC(=O)C1CCCN(S(=O)(=O)c2cccs2)C1. The molecule has 2 heterocycles. The molecule has 3 rings (SSSR count). The number of sulfonamides is 1. The summed E-state index contributed by atoms with van der Waals surface area (Å²) in [6.45, 7) is 7.53. The van der Waals surface area contributed by atoms with Gasteiger partial charge in [-0.15, -0.1) is 11.3 Å². The topological polar surface area (TPSA) is 66.5 Å². The predicted octanol–water partition coefficient (Wildman–Crippen LogP) is 3.87. The van der Waals surface area contributed by atoms with Crippen LogP contribution in [0.3, 0.4) is 0 Å². The number of thiophene rings is 1. The van der Waals surface area contributed by atoms with E-state index in [2.05, 4.69) is 26.1 Å². The first-order valence-electron chi connectivity index (χ1n) is 10.0. The van der Waals surface area contributed by atoms with Crippen LogP contribution in [0.4, 0.5) is 0 Å². The van der Waals surface area contributed by atoms with Crippen molar-refractivity contribution < 1.29 is 13.2 Å². The van der Waals surface area contributed by atoms with Gasteiger partial charge in [-0.3, -0.25) is 4.79 Å². The van der Waals surface area contributed by atoms with Crippen LogP contribution in [0.25, 0.3) is 0 Å². The van der Waals surface area contributed by atoms with Gasteiger partial charge in [0.1, 0.15) is 4.21 Å². The number of amides is 1. The number of rotatable bonds is 4. The first kappa shape index (κ1) is 20.8. The molecule has 1 saturated heterocycles. The Balaban J connectivity index is 1.66. The van der Waals surface area contributed by atoms with E-state index in [1.807, 2.05) is 0 Å². The van der Waals surface area contributed by atoms with E-state index in [-0.39, 0.29) is 23.3 Å². The van der Waals surface area contributed by atoms with Crippen molar-refractivity contribution in [2.24, 2.45) is 17.3 Å². The fourth-order valence-electron chi connectivity index (χ4n) is 4.55. The van der Waals surface area contributed by atoms with Crippen LogP contribution < -0.4 is 5.32 Å². The predicted molar refractivity (Wildman–Crippen MR) is 109 cm³/mol. The van der Waals surface area contributed by atoms with Gasteiger partial charge in [0.15, 0.2) is 0 Å². The number of nitrogens with one attached hydrogen (secondary N) is 1. The molecule has 1 aromatic heterocycles. The molecule has 0 spiro atoms. The third-order valence-electron chi connectivity index (χ3n) is 6.05. The van der Waals surface area contributed by atoms with Crippen molar-refractivity contribution in [3.8, 4) is 0 Å². The Hall–Kier alpha value is -0.920. The molecule has 0 radical (unpaired) electrons. The Bertz CT molecular complexity index is 738. The first-order valence-corrected chi connectivity index (χ1v) is 12.4. The molecule has 27 heavy (non-hydrogen) atoms. The van der Waals surface area contributed by atoms with Crippen LogP contribution in [0.2, 0.25) is 0 Å². The van der Waals surface area contributed by atoms with Crippen molar-refractivity contribution >= 4 is 27.3 Å². The van der Waals surface area contributed by atoms with Crippen molar-refractivity contribution in [3.63, 3.8) is 0 Å². The zero-order valence-corrected chi connectivity index (χ0v) is 18.2. The fourth-order valence-corrected chi connectivity index (χ4v) is 7.22. The highest BCUT2D eigenvalue weighted by atomic mass is 32.2. The molecule has 5 nitrogen and oxygen atoms in total. The molecule has 1 aliphatic carbocycles. The van der Waals surface area contributed by atoms with E-state index in [4.69, 9.17) is 0 Å². The van der Waals surface area contributed by atoms with Gasteiger partial charge in [0.05, 0.1) is 5.92 Å². The molecule has 2 aliphatic rings. The standard InChI is InChI=1S/C20H32N2O3S2/c1-20(2,3)16-9-4-5-10-17(16)21-19(23)15-8-6-12-22(14-15)27(24,25)18-11-7-13-26-18/h7,11,13,15-17H,4-6,8-10,12,14H2,1-3H3,(H,21,23). The molecule has 3 unspecified atom stereocenters. The van der Waals surface area contributed by atoms with E-state index in [1.165, 1.54) is 22.1 Å². The van der Waals surface area contributed by atoms with Crippen molar-refractivity contribution in [2.75, 3.05) is 13.1 Å². The van der Waals surface area contributed by atoms with E-state index < -0.39 is 10.0 Å². The largest absolute Gasteiger partial charge is 0.353 e. The average molecular weight is 413 g/mol. The summed E-state index contributed by atoms with van der Waals surface area (Å²) in [6, 6.07) is 3.59. The van der Waals surface area contributed by atoms with Gasteiger partial charge < -0.3 is 5.32 Å². The van der Waals surface area contributed by atoms with E-state index in [1.54, 1.807) is 17.5 Å². The molecule has 1 N–H and O–H groups in total. The summed E-state index contributed by atoms with van der Waals surface area (Å²) >= 11 is 1.23. The Labute approximate surface area is 167 Å². The van der Waals surface area contributed by atoms with Crippen molar-refractivity contribution in [2.45, 2.75) is 69.5 Å². The van der Waals surface area contributed by atoms with Gasteiger partial charge in [-0.25, -0.2) is 8.42 Å². The lowest BCUT2D eigenvalue weighted by Gasteiger charge is -2.41. The van der Waals surface area contributed by atoms with E-state index in [0.717, 1.165) is 32.1 Å². The van der Waals surface area contributed by atoms with Crippen LogP contribution in [0.15, 0.2) is 21.7 Å². The van der Waals surface area contributed by atoms with Crippen molar-refractivity contribution in [1.29, 1.82) is 0 Å². The molecule has 152 valence electrons. The average Bonchev–Trinajstić information content (AvgIpc) is 3.17. The molecule has 1 saturated carbocycles. The number of hydrogen-bond acceptors (Lipinski definition) is 4. The second kappa shape index (κ2) is 8.21. The zero-order valence-electron chi connectivity index (χ0n) is 16.6. The fraction of sp³-hybridized carbons (Fsp3) is 0.750. The second-order valence-electron chi connectivity index (χ2n) is 9.01. The maximum absolute atomic E-state index is 13.0. The Morgan fingerprint density at radius 3 is 2.59 bits per heavy atom. The molecule has 2 fully saturated rings. The number of nitrogens with zero attached hydrogens (tertiary/aromatic N) is 1. The zero-order chi connectivity index (χ0) is 19.7. The minimum Gasteiger partial charge on any atom is -0.353 e. The summed E-state index contributed by atoms with van der Waals surface area (Å²) in [5.41, 5.74) is 0.166. The molecule has 0 bridgehead atoms. The van der Waals surface area contributed by atoms with Crippen molar-refractivity contribution in [1.82, 2.24) is 9.62 Å². The van der Waals surface area contributed by atoms with E-state index >= 15 is 0 Å². The van der Waals surface area contributed by atoms with Gasteiger partial charge in [0, 0.05) is 19.1 Å². The van der Waals surface area contributed by atoms with E-state index in [0.29, 0.717) is 23.2 Å².